The van der Waals surface area contributed by atoms with Crippen molar-refractivity contribution in [1.82, 2.24) is 0 Å². The number of hydrogen-bond acceptors (Lipinski definition) is 4. The van der Waals surface area contributed by atoms with E-state index in [0.717, 1.165) is 44.0 Å². The molecule has 2 radical (unpaired) electrons. The van der Waals surface area contributed by atoms with E-state index >= 15 is 0 Å². The molecule has 4 nitrogen and oxygen atoms in total. The zero-order valence-electron chi connectivity index (χ0n) is 14.0. The smallest absolute Gasteiger partial charge is 0.165 e. The molecule has 128 valence electrons. The Balaban J connectivity index is 1.47. The van der Waals surface area contributed by atoms with Gasteiger partial charge in [0.25, 0.3) is 0 Å². The summed E-state index contributed by atoms with van der Waals surface area (Å²) in [4.78, 5) is 0. The van der Waals surface area contributed by atoms with Crippen LogP contribution in [0.15, 0.2) is 35.4 Å². The van der Waals surface area contributed by atoms with Crippen molar-refractivity contribution >= 4 is 0 Å². The van der Waals surface area contributed by atoms with Crippen molar-refractivity contribution in [2.45, 2.75) is 31.5 Å². The van der Waals surface area contributed by atoms with E-state index in [-0.39, 0.29) is 12.2 Å². The second kappa shape index (κ2) is 6.36. The zero-order valence-corrected chi connectivity index (χ0v) is 14.0. The van der Waals surface area contributed by atoms with Crippen molar-refractivity contribution in [1.29, 1.82) is 0 Å². The summed E-state index contributed by atoms with van der Waals surface area (Å²) in [7, 11) is 0. The van der Waals surface area contributed by atoms with Crippen molar-refractivity contribution in [3.8, 4) is 11.5 Å². The van der Waals surface area contributed by atoms with Gasteiger partial charge in [0.1, 0.15) is 25.4 Å². The number of rotatable bonds is 6. The first-order chi connectivity index (χ1) is 12.4. The second-order valence-corrected chi connectivity index (χ2v) is 6.87. The summed E-state index contributed by atoms with van der Waals surface area (Å²) in [5.41, 5.74) is 4.95. The fourth-order valence-electron chi connectivity index (χ4n) is 3.30. The lowest BCUT2D eigenvalue weighted by Gasteiger charge is -2.16. The molecule has 0 amide bonds. The average Bonchev–Trinajstić information content (AvgIpc) is 3.52. The molecule has 25 heavy (non-hydrogen) atoms. The van der Waals surface area contributed by atoms with E-state index in [1.54, 1.807) is 0 Å². The maximum atomic E-state index is 6.13. The van der Waals surface area contributed by atoms with Gasteiger partial charge in [0.05, 0.1) is 13.2 Å². The highest BCUT2D eigenvalue weighted by Crippen LogP contribution is 2.42. The van der Waals surface area contributed by atoms with Gasteiger partial charge in [0.2, 0.25) is 0 Å². The third-order valence-corrected chi connectivity index (χ3v) is 4.88. The lowest BCUT2D eigenvalue weighted by molar-refractivity contribution is 0.226. The average molecular weight is 336 g/mol. The number of fused-ring (bicyclic) bond motifs is 4. The standard InChI is InChI=1S/C21H20O4/c1-2-4-14(5-3-1)17-8-15-6-7-16(9-17)21(25-13-19-11-23-19)20(15)24-12-18-10-22-18/h1-2,6-7,18-19H,5,8-13H2. The molecule has 5 aliphatic rings. The van der Waals surface area contributed by atoms with Crippen molar-refractivity contribution in [2.75, 3.05) is 26.4 Å². The van der Waals surface area contributed by atoms with Gasteiger partial charge in [0, 0.05) is 11.1 Å². The number of allylic oxidation sites excluding steroid dienone is 6. The van der Waals surface area contributed by atoms with Crippen molar-refractivity contribution < 1.29 is 18.9 Å². The molecule has 2 unspecified atom stereocenters. The number of epoxide rings is 2. The molecule has 0 aromatic heterocycles. The van der Waals surface area contributed by atoms with Crippen LogP contribution in [0.4, 0.5) is 0 Å². The molecule has 2 heterocycles. The molecule has 2 saturated heterocycles. The summed E-state index contributed by atoms with van der Waals surface area (Å²) < 4.78 is 22.8. The summed E-state index contributed by atoms with van der Waals surface area (Å²) in [5.74, 6) is 1.76. The third kappa shape index (κ3) is 3.37. The van der Waals surface area contributed by atoms with Crippen LogP contribution in [0.2, 0.25) is 0 Å². The normalized spacial score (nSPS) is 25.9. The van der Waals surface area contributed by atoms with Crippen LogP contribution in [0.5, 0.6) is 11.5 Å². The van der Waals surface area contributed by atoms with Crippen LogP contribution in [-0.2, 0) is 22.3 Å². The Morgan fingerprint density at radius 2 is 1.52 bits per heavy atom. The van der Waals surface area contributed by atoms with Gasteiger partial charge in [-0.25, -0.2) is 0 Å². The maximum absolute atomic E-state index is 6.13. The van der Waals surface area contributed by atoms with Gasteiger partial charge in [-0.15, -0.1) is 0 Å². The summed E-state index contributed by atoms with van der Waals surface area (Å²) in [6.45, 7) is 2.75. The first-order valence-electron chi connectivity index (χ1n) is 8.86. The molecule has 1 aromatic carbocycles. The largest absolute Gasteiger partial charge is 0.487 e. The molecule has 2 atom stereocenters. The Morgan fingerprint density at radius 1 is 0.920 bits per heavy atom. The SMILES string of the molecule is [C]1=CC=[C]C(=C2Cc3ccc(c(OCC4CO4)c3OCC3CO3)C2)C1. The Bertz CT molecular complexity index is 719. The summed E-state index contributed by atoms with van der Waals surface area (Å²) in [6.07, 6.45) is 13.5. The minimum atomic E-state index is 0.226. The summed E-state index contributed by atoms with van der Waals surface area (Å²) in [5, 5.41) is 0. The van der Waals surface area contributed by atoms with Gasteiger partial charge in [-0.2, -0.15) is 0 Å². The van der Waals surface area contributed by atoms with Crippen LogP contribution in [0.25, 0.3) is 0 Å². The molecule has 2 bridgehead atoms. The zero-order chi connectivity index (χ0) is 16.6. The fourth-order valence-corrected chi connectivity index (χ4v) is 3.30. The van der Waals surface area contributed by atoms with E-state index in [1.807, 2.05) is 12.2 Å². The first kappa shape index (κ1) is 15.2. The van der Waals surface area contributed by atoms with E-state index < -0.39 is 0 Å². The predicted molar refractivity (Wildman–Crippen MR) is 91.6 cm³/mol. The third-order valence-electron chi connectivity index (χ3n) is 4.88. The van der Waals surface area contributed by atoms with Crippen LogP contribution in [0.3, 0.4) is 0 Å². The summed E-state index contributed by atoms with van der Waals surface area (Å²) in [6, 6.07) is 4.33. The highest BCUT2D eigenvalue weighted by molar-refractivity contribution is 5.58. The molecule has 3 aliphatic carbocycles. The minimum Gasteiger partial charge on any atom is -0.487 e. The van der Waals surface area contributed by atoms with E-state index in [2.05, 4.69) is 24.3 Å². The molecule has 0 saturated carbocycles. The minimum absolute atomic E-state index is 0.226. The molecule has 2 aliphatic heterocycles. The Hall–Kier alpha value is -2.04. The maximum Gasteiger partial charge on any atom is 0.165 e. The quantitative estimate of drug-likeness (QED) is 0.749. The van der Waals surface area contributed by atoms with E-state index in [1.165, 1.54) is 22.3 Å². The highest BCUT2D eigenvalue weighted by Gasteiger charge is 2.29. The van der Waals surface area contributed by atoms with Crippen LogP contribution < -0.4 is 9.47 Å². The van der Waals surface area contributed by atoms with Crippen LogP contribution >= 0.6 is 0 Å². The topological polar surface area (TPSA) is 43.5 Å². The van der Waals surface area contributed by atoms with Crippen molar-refractivity contribution in [3.63, 3.8) is 0 Å². The van der Waals surface area contributed by atoms with E-state index in [9.17, 15) is 0 Å². The van der Waals surface area contributed by atoms with Gasteiger partial charge < -0.3 is 18.9 Å². The monoisotopic (exact) mass is 336 g/mol. The molecule has 0 N–H and O–H groups in total. The van der Waals surface area contributed by atoms with E-state index in [0.29, 0.717) is 13.2 Å². The van der Waals surface area contributed by atoms with Crippen molar-refractivity contribution in [3.05, 3.63) is 58.7 Å². The fraction of sp³-hybridized carbons (Fsp3) is 0.429. The molecule has 6 rings (SSSR count). The highest BCUT2D eigenvalue weighted by atomic mass is 16.6. The van der Waals surface area contributed by atoms with Gasteiger partial charge >= 0.3 is 0 Å². The molecule has 0 spiro atoms. The number of benzene rings is 1. The van der Waals surface area contributed by atoms with Crippen LogP contribution in [-0.4, -0.2) is 38.6 Å². The van der Waals surface area contributed by atoms with Crippen LogP contribution in [0, 0.1) is 12.2 Å². The predicted octanol–water partition coefficient (Wildman–Crippen LogP) is 2.76. The molecular weight excluding hydrogens is 316 g/mol. The summed E-state index contributed by atoms with van der Waals surface area (Å²) >= 11 is 0. The Morgan fingerprint density at radius 3 is 2.00 bits per heavy atom. The number of hydrogen-bond donors (Lipinski definition) is 0. The lowest BCUT2D eigenvalue weighted by atomic mass is 9.95. The lowest BCUT2D eigenvalue weighted by Crippen LogP contribution is -2.10. The Labute approximate surface area is 147 Å². The van der Waals surface area contributed by atoms with Crippen LogP contribution in [0.1, 0.15) is 17.5 Å². The van der Waals surface area contributed by atoms with Crippen molar-refractivity contribution in [2.24, 2.45) is 0 Å². The van der Waals surface area contributed by atoms with E-state index in [4.69, 9.17) is 18.9 Å². The molecule has 1 aromatic rings. The van der Waals surface area contributed by atoms with Gasteiger partial charge in [0.15, 0.2) is 11.5 Å². The number of ether oxygens (including phenoxy) is 4. The molecule has 2 fully saturated rings. The first-order valence-corrected chi connectivity index (χ1v) is 8.86. The van der Waals surface area contributed by atoms with Gasteiger partial charge in [-0.3, -0.25) is 0 Å². The van der Waals surface area contributed by atoms with Gasteiger partial charge in [-0.05, 0) is 37.0 Å². The van der Waals surface area contributed by atoms with Gasteiger partial charge in [-0.1, -0.05) is 29.9 Å². The Kier molecular flexibility index (Phi) is 3.87. The molecule has 4 heteroatoms. The molecular formula is C21H20O4. The second-order valence-electron chi connectivity index (χ2n) is 6.87.